The molecule has 1 saturated heterocycles. The molecule has 0 saturated carbocycles. The van der Waals surface area contributed by atoms with Gasteiger partial charge in [-0.1, -0.05) is 64.7 Å². The van der Waals surface area contributed by atoms with Gasteiger partial charge in [0.2, 0.25) is 0 Å². The van der Waals surface area contributed by atoms with E-state index in [1.54, 1.807) is 0 Å². The summed E-state index contributed by atoms with van der Waals surface area (Å²) in [4.78, 5) is 39.7. The maximum Gasteiger partial charge on any atom is 0.351 e. The molecular formula is C25H41N3O9. The first-order valence-corrected chi connectivity index (χ1v) is 13.1. The number of aliphatic hydroxyl groups excluding tert-OH is 3. The molecule has 1 amide bonds. The molecule has 12 nitrogen and oxygen atoms in total. The molecule has 0 spiro atoms. The number of aliphatic hydroxyl groups is 3. The van der Waals surface area contributed by atoms with Crippen molar-refractivity contribution in [3.05, 3.63) is 22.7 Å². The Hall–Kier alpha value is -2.38. The maximum atomic E-state index is 12.3. The average Bonchev–Trinajstić information content (AvgIpc) is 3.16. The van der Waals surface area contributed by atoms with Crippen LogP contribution in [0.1, 0.15) is 77.4 Å². The summed E-state index contributed by atoms with van der Waals surface area (Å²) in [7, 11) is 0. The van der Waals surface area contributed by atoms with Gasteiger partial charge in [0.25, 0.3) is 5.91 Å². The second-order valence-corrected chi connectivity index (χ2v) is 9.17. The molecule has 0 aromatic carbocycles. The third-order valence-corrected chi connectivity index (χ3v) is 6.10. The highest BCUT2D eigenvalue weighted by molar-refractivity contribution is 5.90. The van der Waals surface area contributed by atoms with E-state index in [0.717, 1.165) is 23.8 Å². The lowest BCUT2D eigenvalue weighted by atomic mass is 10.1. The molecule has 37 heavy (non-hydrogen) atoms. The number of nitrogens with zero attached hydrogens (tertiary/aromatic N) is 2. The predicted molar refractivity (Wildman–Crippen MR) is 134 cm³/mol. The number of nitrogens with one attached hydrogen (secondary N) is 1. The number of aromatic nitrogens is 2. The van der Waals surface area contributed by atoms with E-state index in [4.69, 9.17) is 19.3 Å². The van der Waals surface area contributed by atoms with Crippen molar-refractivity contribution in [2.24, 2.45) is 0 Å². The van der Waals surface area contributed by atoms with Crippen molar-refractivity contribution in [1.82, 2.24) is 9.55 Å². The lowest BCUT2D eigenvalue weighted by Gasteiger charge is -2.17. The van der Waals surface area contributed by atoms with Gasteiger partial charge in [0.1, 0.15) is 37.3 Å². The van der Waals surface area contributed by atoms with Gasteiger partial charge < -0.3 is 34.8 Å². The second kappa shape index (κ2) is 17.2. The fourth-order valence-corrected chi connectivity index (χ4v) is 4.01. The average molecular weight is 528 g/mol. The minimum Gasteiger partial charge on any atom is -0.464 e. The normalized spacial score (nSPS) is 21.2. The van der Waals surface area contributed by atoms with Crippen LogP contribution in [-0.4, -0.2) is 81.5 Å². The molecular weight excluding hydrogens is 486 g/mol. The first-order valence-electron chi connectivity index (χ1n) is 13.1. The molecule has 1 fully saturated rings. The molecule has 1 aromatic heterocycles. The number of ether oxygens (including phenoxy) is 3. The molecule has 1 aromatic rings. The van der Waals surface area contributed by atoms with Gasteiger partial charge in [0, 0.05) is 6.20 Å². The summed E-state index contributed by atoms with van der Waals surface area (Å²) in [5.74, 6) is -1.24. The summed E-state index contributed by atoms with van der Waals surface area (Å²) in [6, 6.07) is 1.30. The molecule has 0 aliphatic carbocycles. The first kappa shape index (κ1) is 30.8. The molecule has 0 unspecified atom stereocenters. The Labute approximate surface area is 216 Å². The van der Waals surface area contributed by atoms with Crippen molar-refractivity contribution in [2.75, 3.05) is 31.7 Å². The molecule has 0 bridgehead atoms. The maximum absolute atomic E-state index is 12.3. The summed E-state index contributed by atoms with van der Waals surface area (Å²) in [6.07, 6.45) is 8.04. The Morgan fingerprint density at radius 1 is 1.03 bits per heavy atom. The monoisotopic (exact) mass is 527 g/mol. The summed E-state index contributed by atoms with van der Waals surface area (Å²) >= 11 is 0. The van der Waals surface area contributed by atoms with E-state index in [1.165, 1.54) is 57.2 Å². The van der Waals surface area contributed by atoms with Crippen molar-refractivity contribution in [3.8, 4) is 0 Å². The largest absolute Gasteiger partial charge is 0.464 e. The Balaban J connectivity index is 1.57. The number of amides is 1. The van der Waals surface area contributed by atoms with Gasteiger partial charge in [0.15, 0.2) is 6.23 Å². The van der Waals surface area contributed by atoms with Crippen molar-refractivity contribution in [1.29, 1.82) is 0 Å². The SMILES string of the molecule is CCCCCCCCCCCCOC(=O)COCC(=O)Nc1ccn([C@@H]2O[C@H](CO)[C@@H](O)[C@@H]2O)c(=O)n1. The van der Waals surface area contributed by atoms with E-state index in [9.17, 15) is 24.6 Å². The number of anilines is 1. The van der Waals surface area contributed by atoms with Crippen LogP contribution in [0, 0.1) is 0 Å². The van der Waals surface area contributed by atoms with Gasteiger partial charge in [-0.15, -0.1) is 0 Å². The molecule has 0 radical (unpaired) electrons. The highest BCUT2D eigenvalue weighted by Crippen LogP contribution is 2.28. The Kier molecular flexibility index (Phi) is 14.3. The number of carbonyl (C=O) groups is 2. The van der Waals surface area contributed by atoms with E-state index in [1.807, 2.05) is 0 Å². The van der Waals surface area contributed by atoms with Crippen LogP contribution in [0.15, 0.2) is 17.1 Å². The Morgan fingerprint density at radius 2 is 1.68 bits per heavy atom. The number of carbonyl (C=O) groups excluding carboxylic acids is 2. The van der Waals surface area contributed by atoms with Crippen LogP contribution >= 0.6 is 0 Å². The lowest BCUT2D eigenvalue weighted by molar-refractivity contribution is -0.149. The zero-order valence-corrected chi connectivity index (χ0v) is 21.5. The van der Waals surface area contributed by atoms with Gasteiger partial charge in [-0.25, -0.2) is 9.59 Å². The third-order valence-electron chi connectivity index (χ3n) is 6.10. The van der Waals surface area contributed by atoms with E-state index in [2.05, 4.69) is 17.2 Å². The molecule has 4 atom stereocenters. The van der Waals surface area contributed by atoms with Crippen molar-refractivity contribution < 1.29 is 39.1 Å². The van der Waals surface area contributed by atoms with Crippen LogP contribution in [0.2, 0.25) is 0 Å². The van der Waals surface area contributed by atoms with E-state index < -0.39 is 55.3 Å². The number of esters is 1. The zero-order valence-electron chi connectivity index (χ0n) is 21.5. The number of hydrogen-bond acceptors (Lipinski definition) is 10. The third kappa shape index (κ3) is 10.9. The molecule has 210 valence electrons. The quantitative estimate of drug-likeness (QED) is 0.161. The van der Waals surface area contributed by atoms with Crippen LogP contribution in [-0.2, 0) is 23.8 Å². The van der Waals surface area contributed by atoms with Crippen molar-refractivity contribution in [3.63, 3.8) is 0 Å². The Bertz CT molecular complexity index is 879. The number of rotatable bonds is 18. The fourth-order valence-electron chi connectivity index (χ4n) is 4.01. The van der Waals surface area contributed by atoms with Gasteiger partial charge in [-0.05, 0) is 12.5 Å². The highest BCUT2D eigenvalue weighted by atomic mass is 16.6. The summed E-state index contributed by atoms with van der Waals surface area (Å²) < 4.78 is 16.4. The first-order chi connectivity index (χ1) is 17.9. The smallest absolute Gasteiger partial charge is 0.351 e. The van der Waals surface area contributed by atoms with Crippen molar-refractivity contribution in [2.45, 2.75) is 95.7 Å². The standard InChI is InChI=1S/C25H41N3O9/c1-2-3-4-5-6-7-8-9-10-11-14-36-21(31)17-35-16-20(30)26-19-12-13-28(25(34)27-19)24-23(33)22(32)18(15-29)37-24/h12-13,18,22-24,29,32-33H,2-11,14-17H2,1H3,(H,26,27,30,34)/t18-,22-,23+,24-/m1/s1. The van der Waals surface area contributed by atoms with Crippen molar-refractivity contribution >= 4 is 17.7 Å². The number of hydrogen-bond donors (Lipinski definition) is 4. The minimum atomic E-state index is -1.43. The second-order valence-electron chi connectivity index (χ2n) is 9.17. The Morgan fingerprint density at radius 3 is 2.27 bits per heavy atom. The molecule has 1 aliphatic heterocycles. The van der Waals surface area contributed by atoms with Gasteiger partial charge >= 0.3 is 11.7 Å². The summed E-state index contributed by atoms with van der Waals surface area (Å²) in [5.41, 5.74) is -0.843. The summed E-state index contributed by atoms with van der Waals surface area (Å²) in [5, 5.41) is 31.4. The molecule has 2 heterocycles. The van der Waals surface area contributed by atoms with Gasteiger partial charge in [-0.3, -0.25) is 9.36 Å². The number of unbranched alkanes of at least 4 members (excludes halogenated alkanes) is 9. The molecule has 2 rings (SSSR count). The lowest BCUT2D eigenvalue weighted by Crippen LogP contribution is -2.36. The molecule has 12 heteroatoms. The van der Waals surface area contributed by atoms with Gasteiger partial charge in [0.05, 0.1) is 13.2 Å². The zero-order chi connectivity index (χ0) is 27.0. The molecule has 1 aliphatic rings. The molecule has 4 N–H and O–H groups in total. The van der Waals surface area contributed by atoms with Crippen LogP contribution in [0.3, 0.4) is 0 Å². The van der Waals surface area contributed by atoms with Crippen LogP contribution in [0.4, 0.5) is 5.82 Å². The van der Waals surface area contributed by atoms with E-state index >= 15 is 0 Å². The van der Waals surface area contributed by atoms with E-state index in [0.29, 0.717) is 6.61 Å². The fraction of sp³-hybridized carbons (Fsp3) is 0.760. The minimum absolute atomic E-state index is 0.0647. The van der Waals surface area contributed by atoms with Crippen LogP contribution in [0.25, 0.3) is 0 Å². The van der Waals surface area contributed by atoms with Gasteiger partial charge in [-0.2, -0.15) is 4.98 Å². The summed E-state index contributed by atoms with van der Waals surface area (Å²) in [6.45, 7) is 1.20. The van der Waals surface area contributed by atoms with Crippen LogP contribution in [0.5, 0.6) is 0 Å². The van der Waals surface area contributed by atoms with E-state index in [-0.39, 0.29) is 12.4 Å². The predicted octanol–water partition coefficient (Wildman–Crippen LogP) is 1.27. The van der Waals surface area contributed by atoms with Crippen LogP contribution < -0.4 is 11.0 Å². The highest BCUT2D eigenvalue weighted by Gasteiger charge is 2.43. The topological polar surface area (TPSA) is 169 Å².